The molecule has 11 heteroatoms. The van der Waals surface area contributed by atoms with Crippen LogP contribution in [0.15, 0.2) is 5.38 Å². The predicted octanol–water partition coefficient (Wildman–Crippen LogP) is 6.02. The average Bonchev–Trinajstić information content (AvgIpc) is 3.29. The van der Waals surface area contributed by atoms with Crippen molar-refractivity contribution in [2.24, 2.45) is 5.92 Å². The number of rotatable bonds is 16. The third kappa shape index (κ3) is 19.6. The zero-order valence-corrected chi connectivity index (χ0v) is 23.7. The van der Waals surface area contributed by atoms with Crippen molar-refractivity contribution in [2.45, 2.75) is 92.0 Å². The third-order valence-corrected chi connectivity index (χ3v) is 5.70. The Bertz CT molecular complexity index is 751. The summed E-state index contributed by atoms with van der Waals surface area (Å²) in [7, 11) is 0. The van der Waals surface area contributed by atoms with E-state index in [2.05, 4.69) is 39.5 Å². The van der Waals surface area contributed by atoms with Crippen LogP contribution in [0, 0.1) is 25.2 Å². The zero-order valence-electron chi connectivity index (χ0n) is 22.9. The number of hydrogen-bond donors (Lipinski definition) is 1. The first kappa shape index (κ1) is 37.0. The number of hydrogen-bond acceptors (Lipinski definition) is 8. The lowest BCUT2D eigenvalue weighted by Crippen LogP contribution is -2.36. The van der Waals surface area contributed by atoms with Crippen molar-refractivity contribution in [2.75, 3.05) is 26.4 Å². The van der Waals surface area contributed by atoms with E-state index < -0.39 is 12.1 Å². The molecule has 214 valence electrons. The monoisotopic (exact) mass is 552 g/mol. The first-order valence-corrected chi connectivity index (χ1v) is 13.4. The number of carbonyl (C=O) groups is 2. The fourth-order valence-electron chi connectivity index (χ4n) is 2.82. The highest BCUT2D eigenvalue weighted by Crippen LogP contribution is 2.28. The second-order valence-corrected chi connectivity index (χ2v) is 8.82. The fraction of sp³-hybridized carbons (Fsp3) is 0.731. The molecule has 2 atom stereocenters. The lowest BCUT2D eigenvalue weighted by Gasteiger charge is -2.27. The van der Waals surface area contributed by atoms with Crippen molar-refractivity contribution >= 4 is 23.8 Å². The van der Waals surface area contributed by atoms with Gasteiger partial charge in [0, 0.05) is 30.0 Å². The van der Waals surface area contributed by atoms with Crippen LogP contribution < -0.4 is 5.32 Å². The van der Waals surface area contributed by atoms with E-state index in [9.17, 15) is 22.8 Å². The molecular weight excluding hydrogens is 509 g/mol. The van der Waals surface area contributed by atoms with Gasteiger partial charge in [-0.05, 0) is 45.6 Å². The highest BCUT2D eigenvalue weighted by Gasteiger charge is 2.40. The second-order valence-electron chi connectivity index (χ2n) is 7.93. The van der Waals surface area contributed by atoms with Crippen LogP contribution in [-0.2, 0) is 23.8 Å². The summed E-state index contributed by atoms with van der Waals surface area (Å²) in [5.41, 5.74) is 0.894. The van der Waals surface area contributed by atoms with Crippen LogP contribution in [0.1, 0.15) is 83.5 Å². The summed E-state index contributed by atoms with van der Waals surface area (Å²) in [6.45, 7) is 13.5. The molecule has 0 spiro atoms. The van der Waals surface area contributed by atoms with Crippen LogP contribution in [-0.4, -0.2) is 56.0 Å². The minimum absolute atomic E-state index is 0.168. The van der Waals surface area contributed by atoms with Crippen molar-refractivity contribution in [1.29, 1.82) is 0 Å². The number of aryl methyl sites for hydroxylation is 1. The summed E-state index contributed by atoms with van der Waals surface area (Å²) < 4.78 is 50.8. The Hall–Kier alpha value is -2.16. The third-order valence-electron chi connectivity index (χ3n) is 4.65. The number of halogens is 3. The highest BCUT2D eigenvalue weighted by atomic mass is 32.1. The smallest absolute Gasteiger partial charge is 0.468 e. The average molecular weight is 553 g/mol. The summed E-state index contributed by atoms with van der Waals surface area (Å²) in [5.74, 6) is 0.816. The molecule has 7 nitrogen and oxygen atoms in total. The van der Waals surface area contributed by atoms with Gasteiger partial charge in [-0.2, -0.15) is 13.2 Å². The first-order valence-electron chi connectivity index (χ1n) is 12.6. The second kappa shape index (κ2) is 23.0. The molecule has 0 radical (unpaired) electrons. The van der Waals surface area contributed by atoms with Crippen molar-refractivity contribution in [3.8, 4) is 12.3 Å². The van der Waals surface area contributed by atoms with E-state index in [1.807, 2.05) is 26.2 Å². The van der Waals surface area contributed by atoms with Gasteiger partial charge in [0.25, 0.3) is 6.47 Å². The molecule has 0 saturated heterocycles. The van der Waals surface area contributed by atoms with Gasteiger partial charge in [0.1, 0.15) is 11.1 Å². The van der Waals surface area contributed by atoms with Gasteiger partial charge in [0.05, 0.1) is 19.8 Å². The van der Waals surface area contributed by atoms with E-state index in [4.69, 9.17) is 11.2 Å². The summed E-state index contributed by atoms with van der Waals surface area (Å²) in [4.78, 5) is 24.5. The molecular formula is C26H43F3N2O5S. The van der Waals surface area contributed by atoms with E-state index in [1.54, 1.807) is 6.92 Å². The lowest BCUT2D eigenvalue weighted by molar-refractivity contribution is -0.200. The SMILES string of the molecule is C#CCCCCNC(CC(OCCCOC(=O)C(F)(F)F)c1nc(C)cs1)C(C)C.CC.CCOC=O. The van der Waals surface area contributed by atoms with Crippen molar-refractivity contribution in [1.82, 2.24) is 10.3 Å². The molecule has 0 aliphatic heterocycles. The number of alkyl halides is 3. The van der Waals surface area contributed by atoms with Crippen LogP contribution in [0.4, 0.5) is 13.2 Å². The van der Waals surface area contributed by atoms with Gasteiger partial charge < -0.3 is 19.5 Å². The van der Waals surface area contributed by atoms with E-state index >= 15 is 0 Å². The Kier molecular flexibility index (Phi) is 23.0. The molecule has 0 saturated carbocycles. The Morgan fingerprint density at radius 3 is 2.38 bits per heavy atom. The normalized spacial score (nSPS) is 12.2. The van der Waals surface area contributed by atoms with Gasteiger partial charge in [-0.1, -0.05) is 27.7 Å². The largest absolute Gasteiger partial charge is 0.490 e. The fourth-order valence-corrected chi connectivity index (χ4v) is 3.68. The molecule has 0 bridgehead atoms. The predicted molar refractivity (Wildman–Crippen MR) is 140 cm³/mol. The van der Waals surface area contributed by atoms with Crippen LogP contribution in [0.3, 0.4) is 0 Å². The Morgan fingerprint density at radius 1 is 1.24 bits per heavy atom. The Balaban J connectivity index is 0. The molecule has 0 aliphatic carbocycles. The lowest BCUT2D eigenvalue weighted by atomic mass is 9.97. The van der Waals surface area contributed by atoms with Gasteiger partial charge >= 0.3 is 12.1 Å². The zero-order chi connectivity index (χ0) is 28.7. The van der Waals surface area contributed by atoms with E-state index in [-0.39, 0.29) is 31.8 Å². The van der Waals surface area contributed by atoms with E-state index in [0.29, 0.717) is 25.4 Å². The number of terminal acetylenes is 1. The number of ether oxygens (including phenoxy) is 3. The van der Waals surface area contributed by atoms with E-state index in [1.165, 1.54) is 11.3 Å². The van der Waals surface area contributed by atoms with Crippen LogP contribution in [0.5, 0.6) is 0 Å². The minimum Gasteiger partial charge on any atom is -0.468 e. The Labute approximate surface area is 223 Å². The molecule has 1 rings (SSSR count). The molecule has 1 aromatic rings. The number of aromatic nitrogens is 1. The minimum atomic E-state index is -4.97. The van der Waals surface area contributed by atoms with E-state index in [0.717, 1.165) is 36.5 Å². The van der Waals surface area contributed by atoms with Gasteiger partial charge in [0.2, 0.25) is 0 Å². The molecule has 1 aromatic heterocycles. The van der Waals surface area contributed by atoms with Crippen LogP contribution in [0.25, 0.3) is 0 Å². The van der Waals surface area contributed by atoms with Gasteiger partial charge in [-0.3, -0.25) is 4.79 Å². The molecule has 0 amide bonds. The molecule has 0 fully saturated rings. The quantitative estimate of drug-likeness (QED) is 0.116. The molecule has 37 heavy (non-hydrogen) atoms. The van der Waals surface area contributed by atoms with Crippen molar-refractivity contribution in [3.63, 3.8) is 0 Å². The summed E-state index contributed by atoms with van der Waals surface area (Å²) >= 11 is 1.50. The maximum Gasteiger partial charge on any atom is 0.490 e. The van der Waals surface area contributed by atoms with Crippen LogP contribution >= 0.6 is 11.3 Å². The molecule has 2 unspecified atom stereocenters. The summed E-state index contributed by atoms with van der Waals surface area (Å²) in [6.07, 6.45) is 3.60. The number of carbonyl (C=O) groups excluding carboxylic acids is 2. The Morgan fingerprint density at radius 2 is 1.92 bits per heavy atom. The summed E-state index contributed by atoms with van der Waals surface area (Å²) in [6, 6.07) is 0.188. The maximum absolute atomic E-state index is 12.2. The highest BCUT2D eigenvalue weighted by molar-refractivity contribution is 7.09. The van der Waals surface area contributed by atoms with Crippen LogP contribution in [0.2, 0.25) is 0 Å². The number of unbranched alkanes of at least 4 members (excludes halogenated alkanes) is 2. The van der Waals surface area contributed by atoms with Gasteiger partial charge in [-0.15, -0.1) is 23.7 Å². The molecule has 0 aromatic carbocycles. The topological polar surface area (TPSA) is 86.8 Å². The number of thiazole rings is 1. The van der Waals surface area contributed by atoms with Gasteiger partial charge in [-0.25, -0.2) is 9.78 Å². The number of esters is 1. The van der Waals surface area contributed by atoms with Crippen molar-refractivity contribution < 1.29 is 37.0 Å². The molecule has 0 aliphatic rings. The number of nitrogens with zero attached hydrogens (tertiary/aromatic N) is 1. The maximum atomic E-state index is 12.2. The molecule has 1 heterocycles. The standard InChI is InChI=1S/C21H31F3N2O3S.C3H6O2.C2H6/c1-5-6-7-8-10-25-17(15(2)3)13-18(19-26-16(4)14-30-19)28-11-9-12-29-20(27)21(22,23)24;1-2-5-3-4;1-2/h1,14-15,17-18,25H,6-13H2,2-4H3;3H,2H2,1H3;1-2H3. The number of nitrogens with one attached hydrogen (secondary N) is 1. The van der Waals surface area contributed by atoms with Crippen molar-refractivity contribution in [3.05, 3.63) is 16.1 Å². The molecule has 1 N–H and O–H groups in total. The summed E-state index contributed by atoms with van der Waals surface area (Å²) in [5, 5.41) is 6.32. The van der Waals surface area contributed by atoms with Gasteiger partial charge in [0.15, 0.2) is 0 Å². The first-order chi connectivity index (χ1) is 17.6.